The molecule has 2 aliphatic heterocycles. The largest absolute Gasteiger partial charge is 0.494 e. The normalized spacial score (nSPS) is 18.3. The number of benzene rings is 2. The van der Waals surface area contributed by atoms with Crippen LogP contribution in [-0.4, -0.2) is 69.3 Å². The van der Waals surface area contributed by atoms with Crippen molar-refractivity contribution in [2.75, 3.05) is 36.9 Å². The van der Waals surface area contributed by atoms with Crippen LogP contribution in [0.1, 0.15) is 43.5 Å². The Labute approximate surface area is 269 Å². The molecule has 1 unspecified atom stereocenters. The van der Waals surface area contributed by atoms with Crippen LogP contribution in [0, 0.1) is 12.3 Å². The highest BCUT2D eigenvalue weighted by molar-refractivity contribution is 5.74. The van der Waals surface area contributed by atoms with Gasteiger partial charge in [0, 0.05) is 37.5 Å². The molecule has 2 aromatic carbocycles. The molecule has 0 radical (unpaired) electrons. The molecule has 2 aliphatic rings. The Bertz CT molecular complexity index is 1750. The zero-order chi connectivity index (χ0) is 33.3. The zero-order valence-electron chi connectivity index (χ0n) is 26.0. The van der Waals surface area contributed by atoms with E-state index in [1.165, 1.54) is 16.8 Å². The van der Waals surface area contributed by atoms with Crippen LogP contribution in [0.15, 0.2) is 60.8 Å². The van der Waals surface area contributed by atoms with E-state index >= 15 is 0 Å². The first kappa shape index (κ1) is 32.1. The first-order valence-electron chi connectivity index (χ1n) is 15.4. The van der Waals surface area contributed by atoms with E-state index in [2.05, 4.69) is 20.4 Å². The molecule has 0 aliphatic carbocycles. The van der Waals surface area contributed by atoms with E-state index in [-0.39, 0.29) is 28.5 Å². The van der Waals surface area contributed by atoms with Crippen molar-refractivity contribution in [1.29, 1.82) is 0 Å². The minimum Gasteiger partial charge on any atom is -0.494 e. The molecule has 47 heavy (non-hydrogen) atoms. The molecule has 4 aromatic rings. The molecule has 0 amide bonds. The number of alkyl halides is 3. The van der Waals surface area contributed by atoms with Crippen molar-refractivity contribution in [3.05, 3.63) is 72.1 Å². The minimum absolute atomic E-state index is 0.156. The predicted molar refractivity (Wildman–Crippen MR) is 169 cm³/mol. The molecule has 4 heterocycles. The Balaban J connectivity index is 1.31. The highest BCUT2D eigenvalue weighted by atomic mass is 19.4. The van der Waals surface area contributed by atoms with Gasteiger partial charge in [-0.25, -0.2) is 4.68 Å². The highest BCUT2D eigenvalue weighted by Crippen LogP contribution is 2.43. The van der Waals surface area contributed by atoms with Crippen LogP contribution in [0.4, 0.5) is 24.9 Å². The van der Waals surface area contributed by atoms with Gasteiger partial charge >= 0.3 is 12.1 Å². The third-order valence-corrected chi connectivity index (χ3v) is 8.81. The number of piperidine rings is 1. The van der Waals surface area contributed by atoms with E-state index in [9.17, 15) is 23.1 Å². The number of aromatic nitrogens is 4. The number of nitrogen functional groups attached to an aromatic ring is 1. The lowest BCUT2D eigenvalue weighted by Gasteiger charge is -2.39. The average Bonchev–Trinajstić information content (AvgIpc) is 3.66. The molecule has 11 nitrogen and oxygen atoms in total. The maximum absolute atomic E-state index is 14.9. The molecular formula is C33H36F3N7O4. The van der Waals surface area contributed by atoms with Crippen LogP contribution in [0.25, 0.3) is 16.8 Å². The standard InChI is InChI=1S/C33H36F3N7O4/c1-3-46-23-6-4-5-21(15-23)22-7-8-24(26(16-22)43-12-9-20(2)41-43)29(33(34,35)36)47-28-17-27(39-31(37)40-28)42-13-10-32(11-14-42)18-25(30(44)45)38-19-32/h4-9,12,15-17,25,29,38H,3,10-11,13-14,18-19H2,1-2H3,(H,44,45)(H2,37,39,40)/t25?,29-/m1/s1. The minimum atomic E-state index is -4.83. The number of nitrogens with two attached hydrogens (primary N) is 1. The summed E-state index contributed by atoms with van der Waals surface area (Å²) in [5.41, 5.74) is 7.92. The van der Waals surface area contributed by atoms with E-state index < -0.39 is 24.3 Å². The number of nitrogens with zero attached hydrogens (tertiary/aromatic N) is 5. The van der Waals surface area contributed by atoms with Crippen LogP contribution in [0.3, 0.4) is 0 Å². The van der Waals surface area contributed by atoms with Gasteiger partial charge in [-0.1, -0.05) is 24.3 Å². The predicted octanol–water partition coefficient (Wildman–Crippen LogP) is 5.33. The smallest absolute Gasteiger partial charge is 0.429 e. The Morgan fingerprint density at radius 2 is 1.89 bits per heavy atom. The molecule has 4 N–H and O–H groups in total. The monoisotopic (exact) mass is 651 g/mol. The first-order chi connectivity index (χ1) is 22.4. The number of carboxylic acid groups (broad SMARTS) is 1. The van der Waals surface area contributed by atoms with Gasteiger partial charge in [0.1, 0.15) is 17.6 Å². The Kier molecular flexibility index (Phi) is 8.70. The van der Waals surface area contributed by atoms with E-state index in [0.717, 1.165) is 5.56 Å². The number of halogens is 3. The lowest BCUT2D eigenvalue weighted by molar-refractivity contribution is -0.198. The van der Waals surface area contributed by atoms with Gasteiger partial charge in [-0.3, -0.25) is 4.79 Å². The summed E-state index contributed by atoms with van der Waals surface area (Å²) in [7, 11) is 0. The van der Waals surface area contributed by atoms with Crippen LogP contribution < -0.4 is 25.4 Å². The molecule has 0 bridgehead atoms. The van der Waals surface area contributed by atoms with E-state index in [1.807, 2.05) is 36.1 Å². The molecule has 1 spiro atoms. The molecule has 6 rings (SSSR count). The van der Waals surface area contributed by atoms with Crippen LogP contribution in [-0.2, 0) is 4.79 Å². The second-order valence-corrected chi connectivity index (χ2v) is 12.1. The molecule has 2 saturated heterocycles. The fourth-order valence-electron chi connectivity index (χ4n) is 6.39. The summed E-state index contributed by atoms with van der Waals surface area (Å²) in [5, 5.41) is 16.9. The summed E-state index contributed by atoms with van der Waals surface area (Å²) in [5.74, 6) is -0.423. The van der Waals surface area contributed by atoms with Gasteiger partial charge in [-0.05, 0) is 73.9 Å². The van der Waals surface area contributed by atoms with Gasteiger partial charge in [0.05, 0.1) is 18.0 Å². The zero-order valence-corrected chi connectivity index (χ0v) is 26.0. The number of aliphatic carboxylic acids is 1. The number of nitrogens with one attached hydrogen (secondary N) is 1. The quantitative estimate of drug-likeness (QED) is 0.217. The molecule has 2 fully saturated rings. The summed E-state index contributed by atoms with van der Waals surface area (Å²) in [6.07, 6.45) is -3.72. The number of hydrogen-bond acceptors (Lipinski definition) is 9. The Morgan fingerprint density at radius 3 is 2.55 bits per heavy atom. The Hall–Kier alpha value is -4.85. The summed E-state index contributed by atoms with van der Waals surface area (Å²) < 4.78 is 57.3. The molecule has 14 heteroatoms. The summed E-state index contributed by atoms with van der Waals surface area (Å²) in [4.78, 5) is 21.7. The number of rotatable bonds is 9. The molecular weight excluding hydrogens is 615 g/mol. The second kappa shape index (κ2) is 12.7. The third kappa shape index (κ3) is 6.97. The summed E-state index contributed by atoms with van der Waals surface area (Å²) in [6, 6.07) is 14.5. The molecule has 0 saturated carbocycles. The van der Waals surface area contributed by atoms with Gasteiger partial charge in [-0.2, -0.15) is 28.2 Å². The summed E-state index contributed by atoms with van der Waals surface area (Å²) >= 11 is 0. The number of ether oxygens (including phenoxy) is 2. The van der Waals surface area contributed by atoms with E-state index in [1.54, 1.807) is 31.3 Å². The lowest BCUT2D eigenvalue weighted by atomic mass is 9.76. The molecule has 2 atom stereocenters. The van der Waals surface area contributed by atoms with Crippen molar-refractivity contribution < 1.29 is 32.5 Å². The first-order valence-corrected chi connectivity index (χ1v) is 15.4. The van der Waals surface area contributed by atoms with Crippen LogP contribution in [0.5, 0.6) is 11.6 Å². The van der Waals surface area contributed by atoms with Crippen molar-refractivity contribution in [3.63, 3.8) is 0 Å². The maximum Gasteiger partial charge on any atom is 0.429 e. The molecule has 2 aromatic heterocycles. The van der Waals surface area contributed by atoms with E-state index in [4.69, 9.17) is 15.2 Å². The van der Waals surface area contributed by atoms with Gasteiger partial charge in [0.25, 0.3) is 0 Å². The highest BCUT2D eigenvalue weighted by Gasteiger charge is 2.46. The number of carbonyl (C=O) groups is 1. The van der Waals surface area contributed by atoms with Crippen molar-refractivity contribution in [1.82, 2.24) is 25.1 Å². The lowest BCUT2D eigenvalue weighted by Crippen LogP contribution is -2.41. The summed E-state index contributed by atoms with van der Waals surface area (Å²) in [6.45, 7) is 5.76. The number of hydrogen-bond donors (Lipinski definition) is 3. The number of carboxylic acids is 1. The van der Waals surface area contributed by atoms with Crippen molar-refractivity contribution in [2.45, 2.75) is 51.4 Å². The van der Waals surface area contributed by atoms with Gasteiger partial charge in [0.15, 0.2) is 0 Å². The topological polar surface area (TPSA) is 141 Å². The second-order valence-electron chi connectivity index (χ2n) is 12.1. The molecule has 248 valence electrons. The fourth-order valence-corrected chi connectivity index (χ4v) is 6.39. The number of aryl methyl sites for hydroxylation is 1. The third-order valence-electron chi connectivity index (χ3n) is 8.81. The van der Waals surface area contributed by atoms with Crippen LogP contribution >= 0.6 is 0 Å². The van der Waals surface area contributed by atoms with Crippen molar-refractivity contribution in [3.8, 4) is 28.4 Å². The fraction of sp³-hybridized carbons (Fsp3) is 0.394. The van der Waals surface area contributed by atoms with Crippen LogP contribution in [0.2, 0.25) is 0 Å². The number of anilines is 2. The average molecular weight is 652 g/mol. The van der Waals surface area contributed by atoms with Crippen molar-refractivity contribution in [2.24, 2.45) is 5.41 Å². The van der Waals surface area contributed by atoms with Gasteiger partial charge < -0.3 is 30.5 Å². The SMILES string of the molecule is CCOc1cccc(-c2ccc([C@@H](Oc3cc(N4CCC5(CC4)CNC(C(=O)O)C5)nc(N)n3)C(F)(F)F)c(-n3ccc(C)n3)c2)c1. The van der Waals surface area contributed by atoms with E-state index in [0.29, 0.717) is 68.3 Å². The Morgan fingerprint density at radius 1 is 1.13 bits per heavy atom. The maximum atomic E-state index is 14.9. The van der Waals surface area contributed by atoms with Gasteiger partial charge in [0.2, 0.25) is 17.9 Å². The van der Waals surface area contributed by atoms with Crippen molar-refractivity contribution >= 4 is 17.7 Å². The van der Waals surface area contributed by atoms with Gasteiger partial charge in [-0.15, -0.1) is 0 Å².